The number of rotatable bonds is 5. The van der Waals surface area contributed by atoms with E-state index in [1.54, 1.807) is 0 Å². The third kappa shape index (κ3) is 3.79. The molecular weight excluding hydrogens is 326 g/mol. The summed E-state index contributed by atoms with van der Waals surface area (Å²) >= 11 is 0. The minimum atomic E-state index is -0.0743. The van der Waals surface area contributed by atoms with Crippen molar-refractivity contribution in [3.05, 3.63) is 71.4 Å². The highest BCUT2D eigenvalue weighted by atomic mass is 16.5. The zero-order valence-corrected chi connectivity index (χ0v) is 14.8. The number of carbonyl (C=O) groups excluding carboxylic acids is 1. The maximum Gasteiger partial charge on any atom is 0.267 e. The predicted molar refractivity (Wildman–Crippen MR) is 101 cm³/mol. The van der Waals surface area contributed by atoms with Crippen LogP contribution in [0.15, 0.2) is 54.6 Å². The summed E-state index contributed by atoms with van der Waals surface area (Å²) in [6.45, 7) is 5.24. The summed E-state index contributed by atoms with van der Waals surface area (Å²) in [5.41, 5.74) is 4.05. The first-order chi connectivity index (χ1) is 12.8. The third-order valence-corrected chi connectivity index (χ3v) is 4.97. The number of benzene rings is 2. The predicted octanol–water partition coefficient (Wildman–Crippen LogP) is 1.51. The van der Waals surface area contributed by atoms with Crippen LogP contribution in [0.5, 0.6) is 0 Å². The van der Waals surface area contributed by atoms with Crippen LogP contribution in [-0.2, 0) is 17.8 Å². The second kappa shape index (κ2) is 7.72. The normalized spacial score (nSPS) is 15.2. The lowest BCUT2D eigenvalue weighted by Gasteiger charge is -2.24. The zero-order valence-electron chi connectivity index (χ0n) is 14.8. The molecule has 0 saturated carbocycles. The van der Waals surface area contributed by atoms with Crippen molar-refractivity contribution in [3.8, 4) is 0 Å². The second-order valence-electron chi connectivity index (χ2n) is 6.76. The number of carbonyl (C=O) groups is 1. The van der Waals surface area contributed by atoms with Gasteiger partial charge in [0.25, 0.3) is 5.91 Å². The molecule has 0 aliphatic carbocycles. The molecule has 1 amide bonds. The Bertz CT molecular complexity index is 864. The number of ether oxygens (including phenoxy) is 1. The Kier molecular flexibility index (Phi) is 5.00. The van der Waals surface area contributed by atoms with Crippen molar-refractivity contribution in [2.24, 2.45) is 0 Å². The Morgan fingerprint density at radius 3 is 2.58 bits per heavy atom. The van der Waals surface area contributed by atoms with Crippen LogP contribution in [0.2, 0.25) is 0 Å². The van der Waals surface area contributed by atoms with Crippen molar-refractivity contribution in [2.45, 2.75) is 13.1 Å². The number of amides is 1. The molecule has 1 fully saturated rings. The number of H-pyrrole nitrogens is 1. The first kappa shape index (κ1) is 16.8. The van der Waals surface area contributed by atoms with Gasteiger partial charge in [0.05, 0.1) is 13.2 Å². The first-order valence-corrected chi connectivity index (χ1v) is 9.13. The Morgan fingerprint density at radius 1 is 1.04 bits per heavy atom. The van der Waals surface area contributed by atoms with E-state index in [1.165, 1.54) is 16.0 Å². The average molecular weight is 350 g/mol. The Labute approximate surface area is 153 Å². The van der Waals surface area contributed by atoms with Crippen molar-refractivity contribution >= 4 is 16.8 Å². The van der Waals surface area contributed by atoms with E-state index in [0.717, 1.165) is 43.8 Å². The Balaban J connectivity index is 1.43. The third-order valence-electron chi connectivity index (χ3n) is 4.97. The molecule has 0 spiro atoms. The lowest BCUT2D eigenvalue weighted by atomic mass is 10.1. The standard InChI is InChI=1S/C21H23N3O2/c25-21(20-13-16-5-3-4-8-19(16)23-20)22-14-17-6-1-2-7-18(17)15-24-9-11-26-12-10-24/h1-8,13,23H,9-12,14-15H2,(H,22,25)/p+1. The molecule has 5 nitrogen and oxygen atoms in total. The molecule has 1 saturated heterocycles. The molecular formula is C21H24N3O2+. The molecule has 26 heavy (non-hydrogen) atoms. The van der Waals surface area contributed by atoms with E-state index in [1.807, 2.05) is 36.4 Å². The van der Waals surface area contributed by atoms with Gasteiger partial charge in [0.15, 0.2) is 0 Å². The molecule has 0 bridgehead atoms. The van der Waals surface area contributed by atoms with Gasteiger partial charge in [-0.1, -0.05) is 42.5 Å². The van der Waals surface area contributed by atoms with Crippen LogP contribution in [0.3, 0.4) is 0 Å². The molecule has 0 radical (unpaired) electrons. The fourth-order valence-corrected chi connectivity index (χ4v) is 3.48. The number of para-hydroxylation sites is 1. The van der Waals surface area contributed by atoms with Crippen LogP contribution < -0.4 is 10.2 Å². The molecule has 1 aliphatic rings. The number of morpholine rings is 1. The number of aromatic nitrogens is 1. The highest BCUT2D eigenvalue weighted by Gasteiger charge is 2.16. The molecule has 4 rings (SSSR count). The van der Waals surface area contributed by atoms with Gasteiger partial charge in [-0.3, -0.25) is 4.79 Å². The van der Waals surface area contributed by atoms with E-state index in [-0.39, 0.29) is 5.91 Å². The summed E-state index contributed by atoms with van der Waals surface area (Å²) in [7, 11) is 0. The average Bonchev–Trinajstić information content (AvgIpc) is 3.12. The van der Waals surface area contributed by atoms with Crippen LogP contribution >= 0.6 is 0 Å². The van der Waals surface area contributed by atoms with Gasteiger partial charge < -0.3 is 19.9 Å². The minimum Gasteiger partial charge on any atom is -0.370 e. The topological polar surface area (TPSA) is 58.6 Å². The molecule has 2 aromatic carbocycles. The van der Waals surface area contributed by atoms with E-state index in [4.69, 9.17) is 4.74 Å². The second-order valence-corrected chi connectivity index (χ2v) is 6.76. The fraction of sp³-hybridized carbons (Fsp3) is 0.286. The van der Waals surface area contributed by atoms with Crippen molar-refractivity contribution < 1.29 is 14.4 Å². The van der Waals surface area contributed by atoms with Gasteiger partial charge in [-0.25, -0.2) is 0 Å². The van der Waals surface area contributed by atoms with Crippen LogP contribution in [0.25, 0.3) is 10.9 Å². The summed E-state index contributed by atoms with van der Waals surface area (Å²) < 4.78 is 5.44. The minimum absolute atomic E-state index is 0.0743. The van der Waals surface area contributed by atoms with Crippen molar-refractivity contribution in [2.75, 3.05) is 26.3 Å². The van der Waals surface area contributed by atoms with Gasteiger partial charge >= 0.3 is 0 Å². The number of aromatic amines is 1. The monoisotopic (exact) mass is 350 g/mol. The summed E-state index contributed by atoms with van der Waals surface area (Å²) in [4.78, 5) is 17.2. The van der Waals surface area contributed by atoms with Gasteiger partial charge in [0.1, 0.15) is 25.3 Å². The van der Waals surface area contributed by atoms with Crippen LogP contribution in [0.4, 0.5) is 0 Å². The maximum atomic E-state index is 12.5. The van der Waals surface area contributed by atoms with Crippen molar-refractivity contribution in [1.82, 2.24) is 10.3 Å². The number of fused-ring (bicyclic) bond motifs is 1. The molecule has 1 aromatic heterocycles. The molecule has 2 heterocycles. The van der Waals surface area contributed by atoms with Crippen molar-refractivity contribution in [3.63, 3.8) is 0 Å². The van der Waals surface area contributed by atoms with E-state index in [9.17, 15) is 4.79 Å². The van der Waals surface area contributed by atoms with Gasteiger partial charge in [-0.05, 0) is 17.7 Å². The molecule has 3 N–H and O–H groups in total. The fourth-order valence-electron chi connectivity index (χ4n) is 3.48. The van der Waals surface area contributed by atoms with Gasteiger partial charge in [0.2, 0.25) is 0 Å². The van der Waals surface area contributed by atoms with E-state index >= 15 is 0 Å². The van der Waals surface area contributed by atoms with Crippen LogP contribution in [0, 0.1) is 0 Å². The van der Waals surface area contributed by atoms with E-state index < -0.39 is 0 Å². The summed E-state index contributed by atoms with van der Waals surface area (Å²) in [5, 5.41) is 4.10. The molecule has 3 aromatic rings. The molecule has 0 atom stereocenters. The summed E-state index contributed by atoms with van der Waals surface area (Å²) in [5.74, 6) is -0.0743. The smallest absolute Gasteiger partial charge is 0.267 e. The highest BCUT2D eigenvalue weighted by Crippen LogP contribution is 2.15. The SMILES string of the molecule is O=C(NCc1ccccc1C[NH+]1CCOCC1)c1cc2ccccc2[nH]1. The summed E-state index contributed by atoms with van der Waals surface area (Å²) in [6, 6.07) is 18.2. The quantitative estimate of drug-likeness (QED) is 0.653. The van der Waals surface area contributed by atoms with Crippen LogP contribution in [-0.4, -0.2) is 37.2 Å². The van der Waals surface area contributed by atoms with Gasteiger partial charge in [-0.15, -0.1) is 0 Å². The lowest BCUT2D eigenvalue weighted by Crippen LogP contribution is -3.12. The van der Waals surface area contributed by atoms with Crippen LogP contribution in [0.1, 0.15) is 21.6 Å². The van der Waals surface area contributed by atoms with Crippen molar-refractivity contribution in [1.29, 1.82) is 0 Å². The maximum absolute atomic E-state index is 12.5. The largest absolute Gasteiger partial charge is 0.370 e. The number of quaternary nitrogens is 1. The zero-order chi connectivity index (χ0) is 17.8. The molecule has 134 valence electrons. The number of nitrogens with one attached hydrogen (secondary N) is 3. The van der Waals surface area contributed by atoms with Gasteiger partial charge in [-0.2, -0.15) is 0 Å². The number of hydrogen-bond donors (Lipinski definition) is 3. The lowest BCUT2D eigenvalue weighted by molar-refractivity contribution is -0.921. The summed E-state index contributed by atoms with van der Waals surface area (Å²) in [6.07, 6.45) is 0. The first-order valence-electron chi connectivity index (χ1n) is 9.13. The molecule has 5 heteroatoms. The highest BCUT2D eigenvalue weighted by molar-refractivity contribution is 5.97. The Morgan fingerprint density at radius 2 is 1.77 bits per heavy atom. The van der Waals surface area contributed by atoms with E-state index in [0.29, 0.717) is 12.2 Å². The van der Waals surface area contributed by atoms with E-state index in [2.05, 4.69) is 28.5 Å². The molecule has 1 aliphatic heterocycles. The molecule has 0 unspecified atom stereocenters. The Hall–Kier alpha value is -2.63. The van der Waals surface area contributed by atoms with Gasteiger partial charge in [0, 0.05) is 23.0 Å². The number of hydrogen-bond acceptors (Lipinski definition) is 2.